The van der Waals surface area contributed by atoms with Gasteiger partial charge in [-0.15, -0.1) is 11.8 Å². The zero-order valence-corrected chi connectivity index (χ0v) is 10.8. The smallest absolute Gasteiger partial charge is 0.227 e. The van der Waals surface area contributed by atoms with Crippen molar-refractivity contribution in [1.29, 1.82) is 0 Å². The molecular weight excluding hydrogens is 230 g/mol. The van der Waals surface area contributed by atoms with Crippen LogP contribution in [-0.4, -0.2) is 12.2 Å². The Hall–Kier alpha value is -0.960. The zero-order valence-electron chi connectivity index (χ0n) is 9.98. The molecule has 1 aromatic carbocycles. The molecule has 0 bridgehead atoms. The monoisotopic (exact) mass is 247 g/mol. The standard InChI is InChI=1S/C14H17NOS/c1-17-13-4-2-12(3-5-13)15-14(16)11-7-9-6-10(9)8-11/h2-5,9-11H,6-8H2,1H3,(H,15,16). The summed E-state index contributed by atoms with van der Waals surface area (Å²) in [7, 11) is 0. The third kappa shape index (κ3) is 2.34. The number of anilines is 1. The molecule has 17 heavy (non-hydrogen) atoms. The summed E-state index contributed by atoms with van der Waals surface area (Å²) in [6.45, 7) is 0. The van der Waals surface area contributed by atoms with Gasteiger partial charge in [-0.05, 0) is 61.6 Å². The molecule has 3 rings (SSSR count). The van der Waals surface area contributed by atoms with Crippen LogP contribution in [0.1, 0.15) is 19.3 Å². The van der Waals surface area contributed by atoms with Crippen LogP contribution in [-0.2, 0) is 4.79 Å². The Morgan fingerprint density at radius 2 is 1.82 bits per heavy atom. The molecule has 0 heterocycles. The molecule has 0 saturated heterocycles. The first-order chi connectivity index (χ1) is 8.26. The van der Waals surface area contributed by atoms with Gasteiger partial charge in [-0.2, -0.15) is 0 Å². The van der Waals surface area contributed by atoms with Gasteiger partial charge in [0.15, 0.2) is 0 Å². The lowest BCUT2D eigenvalue weighted by molar-refractivity contribution is -0.120. The molecule has 3 heteroatoms. The van der Waals surface area contributed by atoms with Crippen molar-refractivity contribution in [1.82, 2.24) is 0 Å². The molecule has 1 aromatic rings. The second-order valence-corrected chi connectivity index (χ2v) is 6.02. The molecule has 2 fully saturated rings. The minimum Gasteiger partial charge on any atom is -0.326 e. The fourth-order valence-corrected chi connectivity index (χ4v) is 3.26. The largest absolute Gasteiger partial charge is 0.326 e. The van der Waals surface area contributed by atoms with Crippen molar-refractivity contribution in [2.75, 3.05) is 11.6 Å². The lowest BCUT2D eigenvalue weighted by Gasteiger charge is -2.12. The predicted molar refractivity (Wildman–Crippen MR) is 71.2 cm³/mol. The molecule has 0 aromatic heterocycles. The number of nitrogens with one attached hydrogen (secondary N) is 1. The van der Waals surface area contributed by atoms with Gasteiger partial charge in [-0.1, -0.05) is 0 Å². The van der Waals surface area contributed by atoms with Crippen LogP contribution in [0.15, 0.2) is 29.2 Å². The second-order valence-electron chi connectivity index (χ2n) is 5.14. The Balaban J connectivity index is 1.59. The van der Waals surface area contributed by atoms with Gasteiger partial charge in [0.1, 0.15) is 0 Å². The number of carbonyl (C=O) groups excluding carboxylic acids is 1. The third-order valence-corrected chi connectivity index (χ3v) is 4.72. The Morgan fingerprint density at radius 3 is 2.41 bits per heavy atom. The number of fused-ring (bicyclic) bond motifs is 1. The van der Waals surface area contributed by atoms with Crippen LogP contribution >= 0.6 is 11.8 Å². The van der Waals surface area contributed by atoms with Crippen molar-refractivity contribution in [2.24, 2.45) is 17.8 Å². The maximum atomic E-state index is 12.0. The number of hydrogen-bond donors (Lipinski definition) is 1. The Labute approximate surface area is 106 Å². The van der Waals surface area contributed by atoms with E-state index in [4.69, 9.17) is 0 Å². The quantitative estimate of drug-likeness (QED) is 0.829. The summed E-state index contributed by atoms with van der Waals surface area (Å²) < 4.78 is 0. The molecule has 2 aliphatic carbocycles. The summed E-state index contributed by atoms with van der Waals surface area (Å²) in [5.74, 6) is 2.21. The van der Waals surface area contributed by atoms with E-state index >= 15 is 0 Å². The highest BCUT2D eigenvalue weighted by atomic mass is 32.2. The van der Waals surface area contributed by atoms with Crippen molar-refractivity contribution >= 4 is 23.4 Å². The van der Waals surface area contributed by atoms with Crippen molar-refractivity contribution in [3.8, 4) is 0 Å². The highest BCUT2D eigenvalue weighted by Gasteiger charge is 2.47. The van der Waals surface area contributed by atoms with Crippen LogP contribution < -0.4 is 5.32 Å². The molecular formula is C14H17NOS. The van der Waals surface area contributed by atoms with Crippen molar-refractivity contribution in [3.63, 3.8) is 0 Å². The fourth-order valence-electron chi connectivity index (χ4n) is 2.85. The first-order valence-corrected chi connectivity index (χ1v) is 7.43. The molecule has 0 aliphatic heterocycles. The molecule has 2 saturated carbocycles. The number of benzene rings is 1. The Bertz CT molecular complexity index is 418. The number of amides is 1. The van der Waals surface area contributed by atoms with Gasteiger partial charge in [0.2, 0.25) is 5.91 Å². The highest BCUT2D eigenvalue weighted by Crippen LogP contribution is 2.54. The second kappa shape index (κ2) is 4.37. The highest BCUT2D eigenvalue weighted by molar-refractivity contribution is 7.98. The Morgan fingerprint density at radius 1 is 1.18 bits per heavy atom. The normalized spacial score (nSPS) is 29.8. The SMILES string of the molecule is CSc1ccc(NC(=O)C2CC3CC3C2)cc1. The van der Waals surface area contributed by atoms with Gasteiger partial charge >= 0.3 is 0 Å². The molecule has 0 radical (unpaired) electrons. The van der Waals surface area contributed by atoms with Crippen molar-refractivity contribution in [2.45, 2.75) is 24.2 Å². The maximum absolute atomic E-state index is 12.0. The summed E-state index contributed by atoms with van der Waals surface area (Å²) in [6.07, 6.45) is 5.64. The van der Waals surface area contributed by atoms with E-state index in [1.54, 1.807) is 11.8 Å². The molecule has 90 valence electrons. The van der Waals surface area contributed by atoms with Crippen molar-refractivity contribution in [3.05, 3.63) is 24.3 Å². The third-order valence-electron chi connectivity index (χ3n) is 3.97. The van der Waals surface area contributed by atoms with Gasteiger partial charge in [-0.3, -0.25) is 4.79 Å². The molecule has 0 spiro atoms. The van der Waals surface area contributed by atoms with E-state index in [1.807, 2.05) is 24.3 Å². The van der Waals surface area contributed by atoms with E-state index in [-0.39, 0.29) is 11.8 Å². The van der Waals surface area contributed by atoms with Gasteiger partial charge in [0.25, 0.3) is 0 Å². The van der Waals surface area contributed by atoms with E-state index in [0.29, 0.717) is 0 Å². The van der Waals surface area contributed by atoms with Crippen LogP contribution in [0.5, 0.6) is 0 Å². The summed E-state index contributed by atoms with van der Waals surface area (Å²) in [5, 5.41) is 3.03. The molecule has 1 amide bonds. The predicted octanol–water partition coefficient (Wildman–Crippen LogP) is 3.39. The van der Waals surface area contributed by atoms with E-state index < -0.39 is 0 Å². The average molecular weight is 247 g/mol. The average Bonchev–Trinajstić information content (AvgIpc) is 2.97. The summed E-state index contributed by atoms with van der Waals surface area (Å²) in [4.78, 5) is 13.2. The van der Waals surface area contributed by atoms with Gasteiger partial charge in [0.05, 0.1) is 0 Å². The number of thioether (sulfide) groups is 1. The van der Waals surface area contributed by atoms with Crippen LogP contribution in [0.25, 0.3) is 0 Å². The number of rotatable bonds is 3. The van der Waals surface area contributed by atoms with Gasteiger partial charge < -0.3 is 5.32 Å². The van der Waals surface area contributed by atoms with Crippen molar-refractivity contribution < 1.29 is 4.79 Å². The van der Waals surface area contributed by atoms with Gasteiger partial charge in [0, 0.05) is 16.5 Å². The van der Waals surface area contributed by atoms with E-state index in [0.717, 1.165) is 30.4 Å². The first kappa shape index (κ1) is 11.1. The molecule has 2 aliphatic rings. The molecule has 2 atom stereocenters. The first-order valence-electron chi connectivity index (χ1n) is 6.21. The number of hydrogen-bond acceptors (Lipinski definition) is 2. The fraction of sp³-hybridized carbons (Fsp3) is 0.500. The summed E-state index contributed by atoms with van der Waals surface area (Å²) in [6, 6.07) is 8.07. The van der Waals surface area contributed by atoms with Crippen LogP contribution in [0.2, 0.25) is 0 Å². The topological polar surface area (TPSA) is 29.1 Å². The van der Waals surface area contributed by atoms with Gasteiger partial charge in [-0.25, -0.2) is 0 Å². The minimum absolute atomic E-state index is 0.217. The van der Waals surface area contributed by atoms with E-state index in [1.165, 1.54) is 11.3 Å². The minimum atomic E-state index is 0.217. The van der Waals surface area contributed by atoms with Crippen LogP contribution in [0, 0.1) is 17.8 Å². The lowest BCUT2D eigenvalue weighted by atomic mass is 10.0. The lowest BCUT2D eigenvalue weighted by Crippen LogP contribution is -2.21. The van der Waals surface area contributed by atoms with Crippen LogP contribution in [0.4, 0.5) is 5.69 Å². The molecule has 2 unspecified atom stereocenters. The molecule has 1 N–H and O–H groups in total. The number of carbonyl (C=O) groups is 1. The van der Waals surface area contributed by atoms with E-state index in [9.17, 15) is 4.79 Å². The van der Waals surface area contributed by atoms with E-state index in [2.05, 4.69) is 11.6 Å². The zero-order chi connectivity index (χ0) is 11.8. The molecule has 2 nitrogen and oxygen atoms in total. The Kier molecular flexibility index (Phi) is 2.87. The summed E-state index contributed by atoms with van der Waals surface area (Å²) >= 11 is 1.72. The van der Waals surface area contributed by atoms with Crippen LogP contribution in [0.3, 0.4) is 0 Å². The maximum Gasteiger partial charge on any atom is 0.227 e. The summed E-state index contributed by atoms with van der Waals surface area (Å²) in [5.41, 5.74) is 0.924.